The van der Waals surface area contributed by atoms with E-state index in [1.807, 2.05) is 38.1 Å². The van der Waals surface area contributed by atoms with Crippen LogP contribution < -0.4 is 5.32 Å². The van der Waals surface area contributed by atoms with Crippen molar-refractivity contribution in [2.45, 2.75) is 26.8 Å². The second kappa shape index (κ2) is 6.57. The fourth-order valence-electron chi connectivity index (χ4n) is 2.03. The first-order valence-corrected chi connectivity index (χ1v) is 7.18. The minimum Gasteiger partial charge on any atom is -0.321 e. The molecule has 0 atom stereocenters. The van der Waals surface area contributed by atoms with Gasteiger partial charge in [0.05, 0.1) is 5.69 Å². The first-order valence-electron chi connectivity index (χ1n) is 6.64. The summed E-state index contributed by atoms with van der Waals surface area (Å²) in [5.41, 5.74) is 3.35. The van der Waals surface area contributed by atoms with Crippen LogP contribution >= 0.6 is 11.6 Å². The van der Waals surface area contributed by atoms with E-state index in [4.69, 9.17) is 11.6 Å². The number of carbonyl (C=O) groups excluding carboxylic acids is 1. The SMILES string of the molecule is CCn1nc(C)cc1C(=O)Nc1ccc(CCCl)cc1. The van der Waals surface area contributed by atoms with Crippen molar-refractivity contribution in [3.8, 4) is 0 Å². The number of benzene rings is 1. The number of anilines is 1. The summed E-state index contributed by atoms with van der Waals surface area (Å²) in [6, 6.07) is 9.51. The van der Waals surface area contributed by atoms with E-state index < -0.39 is 0 Å². The number of nitrogens with one attached hydrogen (secondary N) is 1. The highest BCUT2D eigenvalue weighted by Crippen LogP contribution is 2.13. The van der Waals surface area contributed by atoms with Crippen molar-refractivity contribution in [3.63, 3.8) is 0 Å². The summed E-state index contributed by atoms with van der Waals surface area (Å²) in [7, 11) is 0. The number of aromatic nitrogens is 2. The van der Waals surface area contributed by atoms with E-state index in [2.05, 4.69) is 10.4 Å². The second-order valence-electron chi connectivity index (χ2n) is 4.58. The molecule has 0 aliphatic heterocycles. The van der Waals surface area contributed by atoms with Crippen molar-refractivity contribution >= 4 is 23.2 Å². The zero-order valence-electron chi connectivity index (χ0n) is 11.7. The number of alkyl halides is 1. The van der Waals surface area contributed by atoms with E-state index in [0.29, 0.717) is 18.1 Å². The molecule has 5 heteroatoms. The van der Waals surface area contributed by atoms with Gasteiger partial charge in [0, 0.05) is 18.1 Å². The van der Waals surface area contributed by atoms with Crippen LogP contribution in [-0.2, 0) is 13.0 Å². The molecule has 0 aliphatic rings. The van der Waals surface area contributed by atoms with Gasteiger partial charge >= 0.3 is 0 Å². The maximum atomic E-state index is 12.2. The minimum atomic E-state index is -0.141. The molecule has 0 saturated heterocycles. The molecule has 1 aromatic carbocycles. The number of rotatable bonds is 5. The highest BCUT2D eigenvalue weighted by atomic mass is 35.5. The number of amides is 1. The molecule has 20 heavy (non-hydrogen) atoms. The Morgan fingerprint density at radius 2 is 2.05 bits per heavy atom. The van der Waals surface area contributed by atoms with Crippen LogP contribution in [0.3, 0.4) is 0 Å². The molecule has 1 N–H and O–H groups in total. The Hall–Kier alpha value is -1.81. The fraction of sp³-hybridized carbons (Fsp3) is 0.333. The molecule has 4 nitrogen and oxygen atoms in total. The van der Waals surface area contributed by atoms with Crippen molar-refractivity contribution in [2.75, 3.05) is 11.2 Å². The molecule has 0 spiro atoms. The van der Waals surface area contributed by atoms with Crippen molar-refractivity contribution in [1.82, 2.24) is 9.78 Å². The van der Waals surface area contributed by atoms with E-state index in [1.54, 1.807) is 10.7 Å². The summed E-state index contributed by atoms with van der Waals surface area (Å²) in [4.78, 5) is 12.2. The lowest BCUT2D eigenvalue weighted by molar-refractivity contribution is 0.101. The molecule has 2 aromatic rings. The van der Waals surface area contributed by atoms with E-state index in [1.165, 1.54) is 0 Å². The lowest BCUT2D eigenvalue weighted by Crippen LogP contribution is -2.17. The lowest BCUT2D eigenvalue weighted by atomic mass is 10.1. The van der Waals surface area contributed by atoms with Gasteiger partial charge in [-0.05, 0) is 44.0 Å². The molecule has 1 aromatic heterocycles. The van der Waals surface area contributed by atoms with Crippen LogP contribution in [0.1, 0.15) is 28.7 Å². The maximum Gasteiger partial charge on any atom is 0.273 e. The third kappa shape index (κ3) is 3.39. The van der Waals surface area contributed by atoms with Crippen LogP contribution in [0.2, 0.25) is 0 Å². The van der Waals surface area contributed by atoms with Gasteiger partial charge in [-0.3, -0.25) is 9.48 Å². The van der Waals surface area contributed by atoms with Gasteiger partial charge in [0.1, 0.15) is 5.69 Å². The summed E-state index contributed by atoms with van der Waals surface area (Å²) in [5.74, 6) is 0.457. The molecule has 0 unspecified atom stereocenters. The van der Waals surface area contributed by atoms with Crippen LogP contribution in [-0.4, -0.2) is 21.6 Å². The van der Waals surface area contributed by atoms with Gasteiger partial charge in [-0.15, -0.1) is 11.6 Å². The fourth-order valence-corrected chi connectivity index (χ4v) is 2.25. The number of nitrogens with zero attached hydrogens (tertiary/aromatic N) is 2. The van der Waals surface area contributed by atoms with Gasteiger partial charge in [0.25, 0.3) is 5.91 Å². The molecule has 1 heterocycles. The molecule has 1 amide bonds. The Morgan fingerprint density at radius 3 is 2.65 bits per heavy atom. The first-order chi connectivity index (χ1) is 9.63. The van der Waals surface area contributed by atoms with E-state index in [-0.39, 0.29) is 5.91 Å². The van der Waals surface area contributed by atoms with Crippen molar-refractivity contribution in [2.24, 2.45) is 0 Å². The number of aryl methyl sites for hydroxylation is 3. The quantitative estimate of drug-likeness (QED) is 0.860. The predicted octanol–water partition coefficient (Wildman–Crippen LogP) is 3.25. The Bertz CT molecular complexity index is 590. The first kappa shape index (κ1) is 14.6. The highest BCUT2D eigenvalue weighted by Gasteiger charge is 2.13. The van der Waals surface area contributed by atoms with Gasteiger partial charge < -0.3 is 5.32 Å². The topological polar surface area (TPSA) is 46.9 Å². The van der Waals surface area contributed by atoms with Crippen molar-refractivity contribution < 1.29 is 4.79 Å². The van der Waals surface area contributed by atoms with Gasteiger partial charge in [-0.25, -0.2) is 0 Å². The highest BCUT2D eigenvalue weighted by molar-refractivity contribution is 6.18. The summed E-state index contributed by atoms with van der Waals surface area (Å²) in [5, 5.41) is 7.15. The van der Waals surface area contributed by atoms with Gasteiger partial charge in [0.15, 0.2) is 0 Å². The van der Waals surface area contributed by atoms with Crippen LogP contribution in [0.25, 0.3) is 0 Å². The molecule has 0 bridgehead atoms. The van der Waals surface area contributed by atoms with Gasteiger partial charge in [-0.1, -0.05) is 12.1 Å². The molecule has 2 rings (SSSR count). The van der Waals surface area contributed by atoms with Crippen LogP contribution in [0.4, 0.5) is 5.69 Å². The van der Waals surface area contributed by atoms with Gasteiger partial charge in [-0.2, -0.15) is 5.10 Å². The number of halogens is 1. The Kier molecular flexibility index (Phi) is 4.79. The minimum absolute atomic E-state index is 0.141. The summed E-state index contributed by atoms with van der Waals surface area (Å²) >= 11 is 5.70. The standard InChI is InChI=1S/C15H18ClN3O/c1-3-19-14(10-11(2)18-19)15(20)17-13-6-4-12(5-7-13)8-9-16/h4-7,10H,3,8-9H2,1-2H3,(H,17,20). The lowest BCUT2D eigenvalue weighted by Gasteiger charge is -2.07. The smallest absolute Gasteiger partial charge is 0.273 e. The van der Waals surface area contributed by atoms with Gasteiger partial charge in [0.2, 0.25) is 0 Å². The summed E-state index contributed by atoms with van der Waals surface area (Å²) in [6.45, 7) is 4.51. The summed E-state index contributed by atoms with van der Waals surface area (Å²) < 4.78 is 1.70. The average molecular weight is 292 g/mol. The number of hydrogen-bond donors (Lipinski definition) is 1. The second-order valence-corrected chi connectivity index (χ2v) is 4.95. The zero-order chi connectivity index (χ0) is 14.5. The Morgan fingerprint density at radius 1 is 1.35 bits per heavy atom. The molecular formula is C15H18ClN3O. The Balaban J connectivity index is 2.10. The molecule has 106 valence electrons. The predicted molar refractivity (Wildman–Crippen MR) is 81.5 cm³/mol. The zero-order valence-corrected chi connectivity index (χ0v) is 12.4. The molecule has 0 radical (unpaired) electrons. The molecular weight excluding hydrogens is 274 g/mol. The van der Waals surface area contributed by atoms with Crippen LogP contribution in [0.15, 0.2) is 30.3 Å². The molecule has 0 aliphatic carbocycles. The maximum absolute atomic E-state index is 12.2. The van der Waals surface area contributed by atoms with Crippen LogP contribution in [0, 0.1) is 6.92 Å². The summed E-state index contributed by atoms with van der Waals surface area (Å²) in [6.07, 6.45) is 0.831. The third-order valence-corrected chi connectivity index (χ3v) is 3.22. The number of hydrogen-bond acceptors (Lipinski definition) is 2. The van der Waals surface area contributed by atoms with E-state index in [0.717, 1.165) is 23.4 Å². The third-order valence-electron chi connectivity index (χ3n) is 3.03. The average Bonchev–Trinajstić information content (AvgIpc) is 2.82. The number of carbonyl (C=O) groups is 1. The van der Waals surface area contributed by atoms with Crippen molar-refractivity contribution in [1.29, 1.82) is 0 Å². The monoisotopic (exact) mass is 291 g/mol. The van der Waals surface area contributed by atoms with Crippen LogP contribution in [0.5, 0.6) is 0 Å². The molecule has 0 fully saturated rings. The Labute approximate surface area is 123 Å². The van der Waals surface area contributed by atoms with Crippen molar-refractivity contribution in [3.05, 3.63) is 47.3 Å². The van der Waals surface area contributed by atoms with E-state index >= 15 is 0 Å². The normalized spacial score (nSPS) is 10.6. The largest absolute Gasteiger partial charge is 0.321 e. The van der Waals surface area contributed by atoms with E-state index in [9.17, 15) is 4.79 Å². The molecule has 0 saturated carbocycles.